The van der Waals surface area contributed by atoms with Crippen molar-refractivity contribution in [2.75, 3.05) is 19.7 Å². The second kappa shape index (κ2) is 7.31. The molecule has 0 aromatic heterocycles. The van der Waals surface area contributed by atoms with Crippen molar-refractivity contribution in [3.63, 3.8) is 0 Å². The Kier molecular flexibility index (Phi) is 4.81. The summed E-state index contributed by atoms with van der Waals surface area (Å²) < 4.78 is 4.96. The number of hydrogen-bond acceptors (Lipinski definition) is 6. The minimum absolute atomic E-state index is 0.191. The van der Waals surface area contributed by atoms with Gasteiger partial charge >= 0.3 is 5.97 Å². The number of fused-ring (bicyclic) bond motifs is 1. The molecule has 1 aromatic rings. The number of amides is 4. The number of carbonyl (C=O) groups is 5. The van der Waals surface area contributed by atoms with E-state index in [0.29, 0.717) is 37.2 Å². The van der Waals surface area contributed by atoms with Gasteiger partial charge in [-0.3, -0.25) is 29.3 Å². The van der Waals surface area contributed by atoms with Crippen LogP contribution in [0.15, 0.2) is 18.2 Å². The summed E-state index contributed by atoms with van der Waals surface area (Å²) in [5.41, 5.74) is 1.50. The number of benzene rings is 1. The molecule has 1 aromatic carbocycles. The van der Waals surface area contributed by atoms with Crippen LogP contribution in [-0.4, -0.2) is 65.1 Å². The Bertz CT molecular complexity index is 921. The van der Waals surface area contributed by atoms with Gasteiger partial charge in [0, 0.05) is 37.2 Å². The molecule has 0 saturated carbocycles. The van der Waals surface area contributed by atoms with Crippen molar-refractivity contribution in [3.8, 4) is 0 Å². The molecule has 0 aliphatic carbocycles. The van der Waals surface area contributed by atoms with Gasteiger partial charge in [-0.2, -0.15) is 0 Å². The normalized spacial score (nSPS) is 21.6. The molecule has 1 N–H and O–H groups in total. The number of rotatable bonds is 4. The van der Waals surface area contributed by atoms with Gasteiger partial charge in [-0.05, 0) is 31.0 Å². The zero-order chi connectivity index (χ0) is 20.7. The lowest BCUT2D eigenvalue weighted by atomic mass is 9.98. The number of nitrogens with zero attached hydrogens (tertiary/aromatic N) is 2. The van der Waals surface area contributed by atoms with E-state index in [1.165, 1.54) is 4.90 Å². The van der Waals surface area contributed by atoms with Crippen molar-refractivity contribution in [3.05, 3.63) is 34.9 Å². The molecule has 0 bridgehead atoms. The van der Waals surface area contributed by atoms with Crippen LogP contribution in [0.5, 0.6) is 0 Å². The molecule has 0 spiro atoms. The highest BCUT2D eigenvalue weighted by Gasteiger charge is 2.40. The Morgan fingerprint density at radius 3 is 2.66 bits per heavy atom. The lowest BCUT2D eigenvalue weighted by Crippen LogP contribution is -2.53. The highest BCUT2D eigenvalue weighted by Crippen LogP contribution is 2.29. The molecule has 3 aliphatic heterocycles. The summed E-state index contributed by atoms with van der Waals surface area (Å²) in [7, 11) is 0. The van der Waals surface area contributed by atoms with E-state index in [1.807, 2.05) is 0 Å². The molecular weight excluding hydrogens is 378 g/mol. The zero-order valence-electron chi connectivity index (χ0n) is 16.0. The summed E-state index contributed by atoms with van der Waals surface area (Å²) in [5, 5.41) is 2.27. The quantitative estimate of drug-likeness (QED) is 0.567. The largest absolute Gasteiger partial charge is 0.466 e. The summed E-state index contributed by atoms with van der Waals surface area (Å²) in [4.78, 5) is 63.7. The van der Waals surface area contributed by atoms with Crippen molar-refractivity contribution < 1.29 is 28.7 Å². The van der Waals surface area contributed by atoms with E-state index in [0.717, 1.165) is 5.56 Å². The summed E-state index contributed by atoms with van der Waals surface area (Å²) in [6, 6.07) is 4.23. The van der Waals surface area contributed by atoms with Crippen molar-refractivity contribution in [2.24, 2.45) is 5.92 Å². The first-order valence-electron chi connectivity index (χ1n) is 9.62. The van der Waals surface area contributed by atoms with Crippen molar-refractivity contribution >= 4 is 29.6 Å². The van der Waals surface area contributed by atoms with Gasteiger partial charge in [0.15, 0.2) is 0 Å². The molecule has 3 aliphatic rings. The summed E-state index contributed by atoms with van der Waals surface area (Å²) in [6.07, 6.45) is 0.482. The van der Waals surface area contributed by atoms with Gasteiger partial charge in [0.05, 0.1) is 12.5 Å². The van der Waals surface area contributed by atoms with Crippen LogP contribution >= 0.6 is 0 Å². The third-order valence-electron chi connectivity index (χ3n) is 5.56. The molecule has 9 heteroatoms. The van der Waals surface area contributed by atoms with Crippen molar-refractivity contribution in [1.82, 2.24) is 15.1 Å². The van der Waals surface area contributed by atoms with E-state index in [-0.39, 0.29) is 42.6 Å². The van der Waals surface area contributed by atoms with Gasteiger partial charge in [0.25, 0.3) is 11.8 Å². The van der Waals surface area contributed by atoms with E-state index in [9.17, 15) is 24.0 Å². The fourth-order valence-electron chi connectivity index (χ4n) is 3.92. The van der Waals surface area contributed by atoms with Gasteiger partial charge in [0.2, 0.25) is 11.8 Å². The summed E-state index contributed by atoms with van der Waals surface area (Å²) in [5.74, 6) is -1.99. The minimum Gasteiger partial charge on any atom is -0.466 e. The van der Waals surface area contributed by atoms with Crippen LogP contribution in [0.4, 0.5) is 0 Å². The molecule has 2 saturated heterocycles. The molecular formula is C20H21N3O6. The maximum atomic E-state index is 12.8. The predicted molar refractivity (Wildman–Crippen MR) is 98.5 cm³/mol. The number of carbonyl (C=O) groups excluding carboxylic acids is 5. The van der Waals surface area contributed by atoms with Crippen molar-refractivity contribution in [2.45, 2.75) is 32.4 Å². The van der Waals surface area contributed by atoms with Gasteiger partial charge < -0.3 is 14.5 Å². The topological polar surface area (TPSA) is 113 Å². The average molecular weight is 399 g/mol. The van der Waals surface area contributed by atoms with Crippen LogP contribution < -0.4 is 5.32 Å². The van der Waals surface area contributed by atoms with E-state index >= 15 is 0 Å². The number of piperidine rings is 1. The molecule has 1 unspecified atom stereocenters. The van der Waals surface area contributed by atoms with Gasteiger partial charge in [0.1, 0.15) is 6.04 Å². The van der Waals surface area contributed by atoms with Gasteiger partial charge in [-0.1, -0.05) is 6.07 Å². The van der Waals surface area contributed by atoms with Crippen LogP contribution in [0.3, 0.4) is 0 Å². The van der Waals surface area contributed by atoms with E-state index in [4.69, 9.17) is 4.74 Å². The molecule has 3 heterocycles. The Balaban J connectivity index is 1.45. The molecule has 4 amide bonds. The molecule has 152 valence electrons. The van der Waals surface area contributed by atoms with Crippen LogP contribution in [0.2, 0.25) is 0 Å². The molecule has 4 rings (SSSR count). The third-order valence-corrected chi connectivity index (χ3v) is 5.56. The number of likely N-dealkylation sites (tertiary alicyclic amines) is 1. The van der Waals surface area contributed by atoms with Gasteiger partial charge in [-0.25, -0.2) is 0 Å². The summed E-state index contributed by atoms with van der Waals surface area (Å²) in [6.45, 7) is 2.90. The minimum atomic E-state index is -0.688. The number of esters is 1. The first-order chi connectivity index (χ1) is 13.9. The van der Waals surface area contributed by atoms with Crippen LogP contribution in [0, 0.1) is 5.92 Å². The van der Waals surface area contributed by atoms with Gasteiger partial charge in [-0.15, -0.1) is 0 Å². The molecule has 29 heavy (non-hydrogen) atoms. The second-order valence-corrected chi connectivity index (χ2v) is 7.43. The monoisotopic (exact) mass is 399 g/mol. The number of imide groups is 1. The van der Waals surface area contributed by atoms with E-state index in [2.05, 4.69) is 5.32 Å². The summed E-state index contributed by atoms with van der Waals surface area (Å²) >= 11 is 0. The predicted octanol–water partition coefficient (Wildman–Crippen LogP) is 0.0827. The standard InChI is InChI=1S/C20H21N3O6/c1-2-29-20(28)13-8-22(9-13)18(26)11-3-4-12-10-23(19(27)14(12)7-11)15-5-6-16(24)21-17(15)25/h3-4,7,13,15H,2,5-6,8-10H2,1H3,(H,21,24,25). The first kappa shape index (κ1) is 19.1. The Morgan fingerprint density at radius 1 is 1.21 bits per heavy atom. The lowest BCUT2D eigenvalue weighted by molar-refractivity contribution is -0.152. The Labute approximate surface area is 167 Å². The fourth-order valence-corrected chi connectivity index (χ4v) is 3.92. The Morgan fingerprint density at radius 2 is 1.97 bits per heavy atom. The second-order valence-electron chi connectivity index (χ2n) is 7.43. The van der Waals surface area contributed by atoms with Crippen LogP contribution in [0.25, 0.3) is 0 Å². The Hall–Kier alpha value is -3.23. The number of nitrogens with one attached hydrogen (secondary N) is 1. The van der Waals surface area contributed by atoms with Crippen LogP contribution in [0.1, 0.15) is 46.0 Å². The van der Waals surface area contributed by atoms with E-state index < -0.39 is 11.9 Å². The molecule has 2 fully saturated rings. The number of hydrogen-bond donors (Lipinski definition) is 1. The molecule has 1 atom stereocenters. The highest BCUT2D eigenvalue weighted by molar-refractivity contribution is 6.06. The first-order valence-corrected chi connectivity index (χ1v) is 9.62. The van der Waals surface area contributed by atoms with E-state index in [1.54, 1.807) is 30.0 Å². The maximum absolute atomic E-state index is 12.8. The number of ether oxygens (including phenoxy) is 1. The SMILES string of the molecule is CCOC(=O)C1CN(C(=O)c2ccc3c(c2)C(=O)N(C2CCC(=O)NC2=O)C3)C1. The van der Waals surface area contributed by atoms with Crippen molar-refractivity contribution in [1.29, 1.82) is 0 Å². The highest BCUT2D eigenvalue weighted by atomic mass is 16.5. The third kappa shape index (κ3) is 3.37. The zero-order valence-corrected chi connectivity index (χ0v) is 16.0. The van der Waals surface area contributed by atoms with Crippen LogP contribution in [-0.2, 0) is 25.7 Å². The molecule has 9 nitrogen and oxygen atoms in total. The smallest absolute Gasteiger partial charge is 0.312 e. The average Bonchev–Trinajstić information content (AvgIpc) is 2.96. The maximum Gasteiger partial charge on any atom is 0.312 e. The fraction of sp³-hybridized carbons (Fsp3) is 0.450. The molecule has 0 radical (unpaired) electrons. The lowest BCUT2D eigenvalue weighted by Gasteiger charge is -2.37.